The van der Waals surface area contributed by atoms with Crippen molar-refractivity contribution in [3.8, 4) is 0 Å². The third-order valence-corrected chi connectivity index (χ3v) is 5.70. The van der Waals surface area contributed by atoms with E-state index in [0.29, 0.717) is 0 Å². The highest BCUT2D eigenvalue weighted by Crippen LogP contribution is 2.40. The van der Waals surface area contributed by atoms with E-state index >= 15 is 0 Å². The van der Waals surface area contributed by atoms with E-state index < -0.39 is 62.3 Å². The molecular weight excluding hydrogens is 449 g/mol. The Morgan fingerprint density at radius 2 is 2.06 bits per heavy atom. The monoisotopic (exact) mass is 467 g/mol. The number of aromatic nitrogens is 3. The van der Waals surface area contributed by atoms with Crippen molar-refractivity contribution in [2.24, 2.45) is 11.1 Å². The largest absolute Gasteiger partial charge is 0.435 e. The van der Waals surface area contributed by atoms with E-state index in [4.69, 9.17) is 5.14 Å². The van der Waals surface area contributed by atoms with Crippen molar-refractivity contribution in [2.45, 2.75) is 49.9 Å². The van der Waals surface area contributed by atoms with Gasteiger partial charge in [-0.05, 0) is 25.3 Å². The first-order valence-electron chi connectivity index (χ1n) is 9.00. The fraction of sp³-hybridized carbons (Fsp3) is 0.471. The summed E-state index contributed by atoms with van der Waals surface area (Å²) in [5.74, 6) is -4.59. The van der Waals surface area contributed by atoms with E-state index in [1.165, 1.54) is 6.07 Å². The maximum absolute atomic E-state index is 13.5. The third kappa shape index (κ3) is 5.18. The van der Waals surface area contributed by atoms with E-state index in [1.54, 1.807) is 0 Å². The van der Waals surface area contributed by atoms with Gasteiger partial charge in [0, 0.05) is 42.9 Å². The molecule has 0 radical (unpaired) electrons. The number of anilines is 1. The van der Waals surface area contributed by atoms with Gasteiger partial charge < -0.3 is 5.32 Å². The van der Waals surface area contributed by atoms with Gasteiger partial charge in [0.05, 0.1) is 0 Å². The predicted octanol–water partition coefficient (Wildman–Crippen LogP) is 2.94. The molecule has 0 spiro atoms. The maximum Gasteiger partial charge on any atom is 0.435 e. The fourth-order valence-corrected chi connectivity index (χ4v) is 4.01. The van der Waals surface area contributed by atoms with Crippen molar-refractivity contribution < 1.29 is 35.2 Å². The molecule has 31 heavy (non-hydrogen) atoms. The van der Waals surface area contributed by atoms with Gasteiger partial charge in [-0.1, -0.05) is 0 Å². The van der Waals surface area contributed by atoms with E-state index in [-0.39, 0.29) is 25.1 Å². The molecular formula is C17H18F5N5O3S. The van der Waals surface area contributed by atoms with Crippen molar-refractivity contribution in [3.05, 3.63) is 35.3 Å². The summed E-state index contributed by atoms with van der Waals surface area (Å²) in [6, 6.07) is 2.15. The van der Waals surface area contributed by atoms with Crippen LogP contribution in [0.4, 0.5) is 27.6 Å². The molecule has 2 heterocycles. The first-order chi connectivity index (χ1) is 14.2. The summed E-state index contributed by atoms with van der Waals surface area (Å²) in [5, 5.41) is 10.2. The average molecular weight is 467 g/mol. The van der Waals surface area contributed by atoms with Gasteiger partial charge in [0.15, 0.2) is 10.7 Å². The minimum Gasteiger partial charge on any atom is -0.321 e. The van der Waals surface area contributed by atoms with Crippen LogP contribution in [0.5, 0.6) is 0 Å². The molecule has 0 bridgehead atoms. The van der Waals surface area contributed by atoms with Crippen LogP contribution in [0, 0.1) is 12.8 Å². The summed E-state index contributed by atoms with van der Waals surface area (Å²) in [4.78, 5) is 16.3. The molecule has 0 saturated heterocycles. The standard InChI is InChI=1S/C17H18F5N5O3S/c1-9-13(15(28)25-11-3-5-24-12(6-11)31(23,29)30)27(26-14(9)17(20,21)22)8-10-2-4-16(18,19)7-10/h3,5-6,10H,2,4,7-8H2,1H3,(H2,23,29,30)(H,24,25,28)/t10-/m0/s1. The minimum atomic E-state index is -4.86. The number of primary sulfonamides is 1. The quantitative estimate of drug-likeness (QED) is 0.656. The number of nitrogens with one attached hydrogen (secondary N) is 1. The van der Waals surface area contributed by atoms with Gasteiger partial charge in [0.25, 0.3) is 15.9 Å². The van der Waals surface area contributed by atoms with Gasteiger partial charge in [-0.2, -0.15) is 18.3 Å². The highest BCUT2D eigenvalue weighted by Gasteiger charge is 2.42. The average Bonchev–Trinajstić information content (AvgIpc) is 3.13. The number of pyridine rings is 1. The molecule has 0 aromatic carbocycles. The van der Waals surface area contributed by atoms with Crippen molar-refractivity contribution in [1.29, 1.82) is 0 Å². The van der Waals surface area contributed by atoms with Crippen molar-refractivity contribution >= 4 is 21.6 Å². The summed E-state index contributed by atoms with van der Waals surface area (Å²) in [6.07, 6.45) is -4.64. The number of sulfonamides is 1. The summed E-state index contributed by atoms with van der Waals surface area (Å²) in [7, 11) is -4.18. The Hall–Kier alpha value is -2.61. The Balaban J connectivity index is 1.95. The number of halogens is 5. The molecule has 3 rings (SSSR count). The first kappa shape index (κ1) is 23.1. The number of nitrogens with zero attached hydrogens (tertiary/aromatic N) is 3. The topological polar surface area (TPSA) is 120 Å². The van der Waals surface area contributed by atoms with Crippen LogP contribution in [0.15, 0.2) is 23.4 Å². The summed E-state index contributed by atoms with van der Waals surface area (Å²) < 4.78 is 90.6. The lowest BCUT2D eigenvalue weighted by molar-refractivity contribution is -0.142. The first-order valence-corrected chi connectivity index (χ1v) is 10.5. The number of rotatable bonds is 5. The lowest BCUT2D eigenvalue weighted by Gasteiger charge is -2.14. The molecule has 170 valence electrons. The number of hydrogen-bond donors (Lipinski definition) is 2. The normalized spacial score (nSPS) is 18.9. The van der Waals surface area contributed by atoms with Crippen LogP contribution in [0.1, 0.15) is 41.0 Å². The van der Waals surface area contributed by atoms with Crippen molar-refractivity contribution in [2.75, 3.05) is 5.32 Å². The number of alkyl halides is 5. The molecule has 8 nitrogen and oxygen atoms in total. The van der Waals surface area contributed by atoms with Gasteiger partial charge in [0.1, 0.15) is 5.69 Å². The molecule has 0 aliphatic heterocycles. The number of nitrogens with two attached hydrogens (primary N) is 1. The summed E-state index contributed by atoms with van der Waals surface area (Å²) >= 11 is 0. The van der Waals surface area contributed by atoms with Gasteiger partial charge >= 0.3 is 6.18 Å². The molecule has 0 unspecified atom stereocenters. The lowest BCUT2D eigenvalue weighted by atomic mass is 10.1. The Morgan fingerprint density at radius 3 is 2.61 bits per heavy atom. The summed E-state index contributed by atoms with van der Waals surface area (Å²) in [6.45, 7) is 0.751. The predicted molar refractivity (Wildman–Crippen MR) is 97.8 cm³/mol. The molecule has 2 aromatic rings. The smallest absolute Gasteiger partial charge is 0.321 e. The highest BCUT2D eigenvalue weighted by atomic mass is 32.2. The molecule has 1 aliphatic rings. The molecule has 1 amide bonds. The summed E-state index contributed by atoms with van der Waals surface area (Å²) in [5.41, 5.74) is -2.33. The second kappa shape index (κ2) is 7.82. The molecule has 3 N–H and O–H groups in total. The molecule has 1 aliphatic carbocycles. The number of amides is 1. The Kier molecular flexibility index (Phi) is 5.82. The number of carbonyl (C=O) groups excluding carboxylic acids is 1. The Bertz CT molecular complexity index is 1110. The van der Waals surface area contributed by atoms with Crippen LogP contribution >= 0.6 is 0 Å². The molecule has 2 aromatic heterocycles. The van der Waals surface area contributed by atoms with E-state index in [2.05, 4.69) is 15.4 Å². The fourth-order valence-electron chi connectivity index (χ4n) is 3.52. The van der Waals surface area contributed by atoms with Crippen LogP contribution in [-0.2, 0) is 22.7 Å². The van der Waals surface area contributed by atoms with Gasteiger partial charge in [-0.15, -0.1) is 0 Å². The zero-order valence-electron chi connectivity index (χ0n) is 16.1. The highest BCUT2D eigenvalue weighted by molar-refractivity contribution is 7.89. The number of hydrogen-bond acceptors (Lipinski definition) is 5. The van der Waals surface area contributed by atoms with Crippen LogP contribution in [0.25, 0.3) is 0 Å². The maximum atomic E-state index is 13.5. The molecule has 1 atom stereocenters. The van der Waals surface area contributed by atoms with Crippen molar-refractivity contribution in [3.63, 3.8) is 0 Å². The van der Waals surface area contributed by atoms with Gasteiger partial charge in [-0.3, -0.25) is 9.48 Å². The molecule has 1 fully saturated rings. The van der Waals surface area contributed by atoms with Crippen LogP contribution < -0.4 is 10.5 Å². The molecule has 14 heteroatoms. The SMILES string of the molecule is Cc1c(C(F)(F)F)nn(C[C@H]2CCC(F)(F)C2)c1C(=O)Nc1ccnc(S(N)(=O)=O)c1. The Morgan fingerprint density at radius 1 is 1.39 bits per heavy atom. The van der Waals surface area contributed by atoms with Gasteiger partial charge in [0.2, 0.25) is 5.92 Å². The van der Waals surface area contributed by atoms with Crippen LogP contribution in [0.2, 0.25) is 0 Å². The molecule has 1 saturated carbocycles. The van der Waals surface area contributed by atoms with Crippen molar-refractivity contribution in [1.82, 2.24) is 14.8 Å². The second-order valence-corrected chi connectivity index (χ2v) is 8.86. The van der Waals surface area contributed by atoms with Crippen LogP contribution in [0.3, 0.4) is 0 Å². The van der Waals surface area contributed by atoms with Crippen LogP contribution in [-0.4, -0.2) is 35.0 Å². The van der Waals surface area contributed by atoms with E-state index in [9.17, 15) is 35.2 Å². The lowest BCUT2D eigenvalue weighted by Crippen LogP contribution is -2.22. The Labute approximate surface area is 173 Å². The van der Waals surface area contributed by atoms with E-state index in [1.807, 2.05) is 0 Å². The zero-order valence-corrected chi connectivity index (χ0v) is 16.9. The third-order valence-electron chi connectivity index (χ3n) is 4.89. The zero-order chi connectivity index (χ0) is 23.2. The van der Waals surface area contributed by atoms with E-state index in [0.717, 1.165) is 23.9 Å². The number of carbonyl (C=O) groups is 1. The second-order valence-electron chi connectivity index (χ2n) is 7.35. The minimum absolute atomic E-state index is 0.0798. The van der Waals surface area contributed by atoms with Gasteiger partial charge in [-0.25, -0.2) is 27.3 Å².